The molecular weight excluding hydrogens is 404 g/mol. The third-order valence-electron chi connectivity index (χ3n) is 5.93. The minimum Gasteiger partial charge on any atom is -0.488 e. The number of carbonyl (C=O) groups is 2. The van der Waals surface area contributed by atoms with Gasteiger partial charge < -0.3 is 20.3 Å². The number of hydrogen-bond acceptors (Lipinski definition) is 5. The molecule has 2 N–H and O–H groups in total. The van der Waals surface area contributed by atoms with Crippen LogP contribution in [0.3, 0.4) is 0 Å². The number of anilines is 2. The Bertz CT molecular complexity index is 1000. The van der Waals surface area contributed by atoms with E-state index in [1.807, 2.05) is 43.3 Å². The topological polar surface area (TPSA) is 73.9 Å². The lowest BCUT2D eigenvalue weighted by Crippen LogP contribution is -2.43. The van der Waals surface area contributed by atoms with E-state index in [9.17, 15) is 9.59 Å². The first kappa shape index (κ1) is 22.0. The molecule has 1 saturated heterocycles. The fourth-order valence-corrected chi connectivity index (χ4v) is 3.88. The summed E-state index contributed by atoms with van der Waals surface area (Å²) in [5.74, 6) is -0.368. The normalized spacial score (nSPS) is 18.9. The number of likely N-dealkylation sites (N-methyl/N-ethyl adjacent to an activating group) is 1. The van der Waals surface area contributed by atoms with Gasteiger partial charge in [-0.2, -0.15) is 0 Å². The zero-order chi connectivity index (χ0) is 22.5. The molecule has 1 unspecified atom stereocenters. The fourth-order valence-electron chi connectivity index (χ4n) is 3.88. The van der Waals surface area contributed by atoms with Gasteiger partial charge in [-0.25, -0.2) is 0 Å². The quantitative estimate of drug-likeness (QED) is 0.730. The number of aryl methyl sites for hydroxylation is 1. The van der Waals surface area contributed by atoms with E-state index >= 15 is 0 Å². The Labute approximate surface area is 189 Å². The van der Waals surface area contributed by atoms with Gasteiger partial charge in [0.05, 0.1) is 6.26 Å². The standard InChI is InChI=1S/C25H30N4O3/c1-18-8-9-21(26-25(31)23-7-4-14-32-23)16-22(18)27-24(30)20-6-3-5-19(15-20)17-29-12-10-28(2)11-13-29/h3-6,8-9,14-16,23H,7,10-13,17H2,1-2H3,(H,26,31)(H,27,30). The maximum atomic E-state index is 12.9. The van der Waals surface area contributed by atoms with Crippen molar-refractivity contribution in [3.63, 3.8) is 0 Å². The fraction of sp³-hybridized carbons (Fsp3) is 0.360. The SMILES string of the molecule is Cc1ccc(NC(=O)C2CC=CO2)cc1NC(=O)c1cccc(CN2CCN(C)CC2)c1. The van der Waals surface area contributed by atoms with Crippen LogP contribution in [0.4, 0.5) is 11.4 Å². The monoisotopic (exact) mass is 434 g/mol. The van der Waals surface area contributed by atoms with Gasteiger partial charge in [0.25, 0.3) is 11.8 Å². The molecule has 0 aliphatic carbocycles. The van der Waals surface area contributed by atoms with Crippen molar-refractivity contribution >= 4 is 23.2 Å². The Balaban J connectivity index is 1.40. The third kappa shape index (κ3) is 5.55. The number of ether oxygens (including phenoxy) is 1. The van der Waals surface area contributed by atoms with E-state index < -0.39 is 6.10 Å². The minimum absolute atomic E-state index is 0.167. The van der Waals surface area contributed by atoms with E-state index in [0.717, 1.165) is 43.9 Å². The van der Waals surface area contributed by atoms with Crippen LogP contribution in [0.2, 0.25) is 0 Å². The summed E-state index contributed by atoms with van der Waals surface area (Å²) in [4.78, 5) is 30.0. The smallest absolute Gasteiger partial charge is 0.265 e. The Kier molecular flexibility index (Phi) is 6.87. The van der Waals surface area contributed by atoms with Gasteiger partial charge in [0.1, 0.15) is 0 Å². The van der Waals surface area contributed by atoms with Crippen molar-refractivity contribution in [2.75, 3.05) is 43.9 Å². The first-order valence-corrected chi connectivity index (χ1v) is 11.0. The number of carbonyl (C=O) groups excluding carboxylic acids is 2. The summed E-state index contributed by atoms with van der Waals surface area (Å²) in [7, 11) is 2.14. The summed E-state index contributed by atoms with van der Waals surface area (Å²) in [6, 6.07) is 13.3. The van der Waals surface area contributed by atoms with Gasteiger partial charge in [-0.05, 0) is 55.4 Å². The van der Waals surface area contributed by atoms with Crippen molar-refractivity contribution in [2.45, 2.75) is 26.0 Å². The molecule has 2 aromatic carbocycles. The number of benzene rings is 2. The molecule has 1 atom stereocenters. The summed E-state index contributed by atoms with van der Waals surface area (Å²) >= 11 is 0. The third-order valence-corrected chi connectivity index (χ3v) is 5.93. The zero-order valence-corrected chi connectivity index (χ0v) is 18.6. The second-order valence-corrected chi connectivity index (χ2v) is 8.49. The summed E-state index contributed by atoms with van der Waals surface area (Å²) in [6.07, 6.45) is 3.43. The molecule has 0 spiro atoms. The predicted molar refractivity (Wildman–Crippen MR) is 126 cm³/mol. The highest BCUT2D eigenvalue weighted by Gasteiger charge is 2.21. The summed E-state index contributed by atoms with van der Waals surface area (Å²) in [5.41, 5.74) is 3.96. The molecule has 168 valence electrons. The van der Waals surface area contributed by atoms with Gasteiger partial charge >= 0.3 is 0 Å². The highest BCUT2D eigenvalue weighted by atomic mass is 16.5. The van der Waals surface area contributed by atoms with Crippen molar-refractivity contribution in [2.24, 2.45) is 0 Å². The van der Waals surface area contributed by atoms with E-state index in [2.05, 4.69) is 33.5 Å². The van der Waals surface area contributed by atoms with Gasteiger partial charge in [0, 0.05) is 56.1 Å². The average molecular weight is 435 g/mol. The van der Waals surface area contributed by atoms with Gasteiger partial charge in [0.15, 0.2) is 6.10 Å². The molecule has 1 fully saturated rings. The predicted octanol–water partition coefficient (Wildman–Crippen LogP) is 3.24. The highest BCUT2D eigenvalue weighted by molar-refractivity contribution is 6.05. The van der Waals surface area contributed by atoms with Gasteiger partial charge in [-0.3, -0.25) is 14.5 Å². The van der Waals surface area contributed by atoms with E-state index in [4.69, 9.17) is 4.74 Å². The molecule has 2 aliphatic rings. The molecule has 0 bridgehead atoms. The van der Waals surface area contributed by atoms with Crippen molar-refractivity contribution in [3.05, 3.63) is 71.5 Å². The van der Waals surface area contributed by atoms with Crippen LogP contribution in [-0.4, -0.2) is 60.9 Å². The molecule has 2 amide bonds. The second-order valence-electron chi connectivity index (χ2n) is 8.49. The maximum Gasteiger partial charge on any atom is 0.265 e. The lowest BCUT2D eigenvalue weighted by atomic mass is 10.1. The molecule has 2 aliphatic heterocycles. The second kappa shape index (κ2) is 9.97. The van der Waals surface area contributed by atoms with Gasteiger partial charge in [0.2, 0.25) is 0 Å². The lowest BCUT2D eigenvalue weighted by molar-refractivity contribution is -0.123. The van der Waals surface area contributed by atoms with Crippen LogP contribution in [0, 0.1) is 6.92 Å². The van der Waals surface area contributed by atoms with Crippen LogP contribution in [0.5, 0.6) is 0 Å². The van der Waals surface area contributed by atoms with Gasteiger partial charge in [-0.1, -0.05) is 18.2 Å². The van der Waals surface area contributed by atoms with E-state index in [0.29, 0.717) is 23.4 Å². The minimum atomic E-state index is -0.502. The molecule has 0 aromatic heterocycles. The molecule has 0 radical (unpaired) electrons. The van der Waals surface area contributed by atoms with Crippen molar-refractivity contribution in [1.29, 1.82) is 0 Å². The number of nitrogens with zero attached hydrogens (tertiary/aromatic N) is 2. The number of rotatable bonds is 6. The Morgan fingerprint density at radius 2 is 1.88 bits per heavy atom. The largest absolute Gasteiger partial charge is 0.488 e. The van der Waals surface area contributed by atoms with E-state index in [-0.39, 0.29) is 11.8 Å². The van der Waals surface area contributed by atoms with Crippen molar-refractivity contribution in [3.8, 4) is 0 Å². The lowest BCUT2D eigenvalue weighted by Gasteiger charge is -2.32. The van der Waals surface area contributed by atoms with Crippen LogP contribution in [0.25, 0.3) is 0 Å². The van der Waals surface area contributed by atoms with Crippen molar-refractivity contribution in [1.82, 2.24) is 9.80 Å². The maximum absolute atomic E-state index is 12.9. The average Bonchev–Trinajstić information content (AvgIpc) is 3.33. The Hall–Kier alpha value is -3.16. The first-order valence-electron chi connectivity index (χ1n) is 11.0. The summed E-state index contributed by atoms with van der Waals surface area (Å²) in [5, 5.41) is 5.85. The Morgan fingerprint density at radius 3 is 2.62 bits per heavy atom. The zero-order valence-electron chi connectivity index (χ0n) is 18.6. The molecule has 7 nitrogen and oxygen atoms in total. The number of hydrogen-bond donors (Lipinski definition) is 2. The summed E-state index contributed by atoms with van der Waals surface area (Å²) in [6.45, 7) is 6.97. The molecule has 4 rings (SSSR count). The van der Waals surface area contributed by atoms with E-state index in [1.165, 1.54) is 0 Å². The van der Waals surface area contributed by atoms with Gasteiger partial charge in [-0.15, -0.1) is 0 Å². The van der Waals surface area contributed by atoms with E-state index in [1.54, 1.807) is 12.3 Å². The Morgan fingerprint density at radius 1 is 1.06 bits per heavy atom. The highest BCUT2D eigenvalue weighted by Crippen LogP contribution is 2.22. The first-order chi connectivity index (χ1) is 15.5. The van der Waals surface area contributed by atoms with Crippen molar-refractivity contribution < 1.29 is 14.3 Å². The summed E-state index contributed by atoms with van der Waals surface area (Å²) < 4.78 is 5.27. The molecule has 2 aromatic rings. The van der Waals surface area contributed by atoms with Crippen LogP contribution in [-0.2, 0) is 16.1 Å². The molecular formula is C25H30N4O3. The molecule has 7 heteroatoms. The molecule has 2 heterocycles. The molecule has 0 saturated carbocycles. The number of piperazine rings is 1. The van der Waals surface area contributed by atoms with Crippen LogP contribution in [0.1, 0.15) is 27.9 Å². The van der Waals surface area contributed by atoms with Crippen LogP contribution >= 0.6 is 0 Å². The van der Waals surface area contributed by atoms with Crippen LogP contribution in [0.15, 0.2) is 54.8 Å². The number of amides is 2. The number of nitrogens with one attached hydrogen (secondary N) is 2. The molecule has 32 heavy (non-hydrogen) atoms. The van der Waals surface area contributed by atoms with Crippen LogP contribution < -0.4 is 10.6 Å².